The van der Waals surface area contributed by atoms with Gasteiger partial charge in [-0.15, -0.1) is 0 Å². The third-order valence-corrected chi connectivity index (χ3v) is 8.03. The number of nitrogens with zero attached hydrogens (tertiary/aromatic N) is 1. The van der Waals surface area contributed by atoms with Crippen molar-refractivity contribution in [3.05, 3.63) is 29.8 Å². The Morgan fingerprint density at radius 2 is 2.04 bits per heavy atom. The molecule has 1 aromatic rings. The number of carbonyl (C=O) groups excluding carboxylic acids is 1. The predicted octanol–water partition coefficient (Wildman–Crippen LogP) is 3.14. The van der Waals surface area contributed by atoms with Crippen molar-refractivity contribution in [2.24, 2.45) is 17.3 Å². The maximum atomic E-state index is 13.1. The van der Waals surface area contributed by atoms with Crippen LogP contribution in [0.4, 0.5) is 5.69 Å². The molecular weight excluding hydrogens is 339 g/mol. The first-order chi connectivity index (χ1) is 12.8. The maximum absolute atomic E-state index is 13.1. The summed E-state index contributed by atoms with van der Waals surface area (Å²) < 4.78 is 13.1. The number of carbonyl (C=O) groups is 1. The number of para-hydroxylation sites is 1. The van der Waals surface area contributed by atoms with Gasteiger partial charge < -0.3 is 19.9 Å². The summed E-state index contributed by atoms with van der Waals surface area (Å²) in [6, 6.07) is 7.31. The first-order valence-corrected chi connectivity index (χ1v) is 10.3. The fraction of sp³-hybridized carbons (Fsp3) is 0.667. The number of hydrogen-bond donors (Lipinski definition) is 1. The molecular formula is C21H29BN2O3. The Hall–Kier alpha value is -1.53. The van der Waals surface area contributed by atoms with Crippen molar-refractivity contribution in [3.8, 4) is 0 Å². The van der Waals surface area contributed by atoms with Crippen LogP contribution < -0.4 is 5.73 Å². The third kappa shape index (κ3) is 2.35. The molecule has 1 amide bonds. The minimum absolute atomic E-state index is 0.00699. The molecule has 6 rings (SSSR count). The van der Waals surface area contributed by atoms with Crippen molar-refractivity contribution >= 4 is 18.7 Å². The van der Waals surface area contributed by atoms with Gasteiger partial charge in [0.05, 0.1) is 23.2 Å². The molecule has 5 atom stereocenters. The highest BCUT2D eigenvalue weighted by Gasteiger charge is 2.69. The molecule has 0 aromatic heterocycles. The molecule has 3 saturated carbocycles. The number of rotatable bonds is 2. The molecule has 144 valence electrons. The first kappa shape index (κ1) is 17.6. The van der Waals surface area contributed by atoms with E-state index < -0.39 is 0 Å². The van der Waals surface area contributed by atoms with E-state index in [1.807, 2.05) is 23.1 Å². The zero-order valence-electron chi connectivity index (χ0n) is 16.5. The summed E-state index contributed by atoms with van der Waals surface area (Å²) in [5.74, 6) is 1.23. The lowest BCUT2D eigenvalue weighted by molar-refractivity contribution is -0.199. The summed E-state index contributed by atoms with van der Waals surface area (Å²) in [5, 5.41) is 0. The predicted molar refractivity (Wildman–Crippen MR) is 105 cm³/mol. The molecule has 0 unspecified atom stereocenters. The van der Waals surface area contributed by atoms with Crippen LogP contribution in [0.5, 0.6) is 0 Å². The summed E-state index contributed by atoms with van der Waals surface area (Å²) in [4.78, 5) is 15.1. The maximum Gasteiger partial charge on any atom is 0.481 e. The smallest absolute Gasteiger partial charge is 0.404 e. The number of nitrogen functional groups attached to an aromatic ring is 1. The Balaban J connectivity index is 1.38. The first-order valence-electron chi connectivity index (χ1n) is 10.3. The lowest BCUT2D eigenvalue weighted by atomic mass is 9.43. The van der Waals surface area contributed by atoms with Crippen molar-refractivity contribution in [1.29, 1.82) is 0 Å². The van der Waals surface area contributed by atoms with E-state index >= 15 is 0 Å². The van der Waals surface area contributed by atoms with Gasteiger partial charge >= 0.3 is 7.12 Å². The fourth-order valence-corrected chi connectivity index (χ4v) is 6.24. The van der Waals surface area contributed by atoms with Crippen LogP contribution in [0.25, 0.3) is 0 Å². The molecule has 0 radical (unpaired) electrons. The van der Waals surface area contributed by atoms with Gasteiger partial charge in [0.1, 0.15) is 0 Å². The standard InChI is InChI=1S/C21H29BN2O3/c1-20(2)13-11-16(20)21(3)17(12-13)26-22(27-21)18-9-6-10-24(18)19(25)14-7-4-5-8-15(14)23/h4-5,7-8,13,16-18H,6,9-12,23H2,1-3H3/t13-,16-,17+,18-,21-/m0/s1. The summed E-state index contributed by atoms with van der Waals surface area (Å²) >= 11 is 0. The number of hydrogen-bond acceptors (Lipinski definition) is 4. The largest absolute Gasteiger partial charge is 0.481 e. The van der Waals surface area contributed by atoms with Crippen LogP contribution in [0.2, 0.25) is 0 Å². The summed E-state index contributed by atoms with van der Waals surface area (Å²) in [6.07, 6.45) is 4.36. The fourth-order valence-electron chi connectivity index (χ4n) is 6.24. The summed E-state index contributed by atoms with van der Waals surface area (Å²) in [6.45, 7) is 7.71. The molecule has 5 aliphatic rings. The van der Waals surface area contributed by atoms with E-state index in [4.69, 9.17) is 15.0 Å². The molecule has 2 saturated heterocycles. The Labute approximate surface area is 161 Å². The van der Waals surface area contributed by atoms with Crippen molar-refractivity contribution in [1.82, 2.24) is 4.90 Å². The van der Waals surface area contributed by atoms with E-state index in [1.165, 1.54) is 6.42 Å². The van der Waals surface area contributed by atoms with Gasteiger partial charge in [0.2, 0.25) is 0 Å². The summed E-state index contributed by atoms with van der Waals surface area (Å²) in [7, 11) is -0.327. The molecule has 0 spiro atoms. The van der Waals surface area contributed by atoms with E-state index in [2.05, 4.69) is 20.8 Å². The highest BCUT2D eigenvalue weighted by atomic mass is 16.7. The highest BCUT2D eigenvalue weighted by molar-refractivity contribution is 6.48. The van der Waals surface area contributed by atoms with E-state index in [-0.39, 0.29) is 30.7 Å². The zero-order chi connectivity index (χ0) is 19.0. The molecule has 2 bridgehead atoms. The lowest BCUT2D eigenvalue weighted by Crippen LogP contribution is -2.65. The van der Waals surface area contributed by atoms with Gasteiger partial charge in [-0.2, -0.15) is 0 Å². The highest BCUT2D eigenvalue weighted by Crippen LogP contribution is 2.65. The van der Waals surface area contributed by atoms with Gasteiger partial charge in [0.15, 0.2) is 0 Å². The second-order valence-electron chi connectivity index (χ2n) is 9.63. The molecule has 2 aliphatic heterocycles. The van der Waals surface area contributed by atoms with Crippen LogP contribution in [0.1, 0.15) is 56.8 Å². The number of likely N-dealkylation sites (tertiary alicyclic amines) is 1. The van der Waals surface area contributed by atoms with Gasteiger partial charge in [-0.25, -0.2) is 0 Å². The molecule has 5 nitrogen and oxygen atoms in total. The van der Waals surface area contributed by atoms with E-state index in [0.717, 1.165) is 31.7 Å². The van der Waals surface area contributed by atoms with Crippen molar-refractivity contribution < 1.29 is 14.1 Å². The second-order valence-corrected chi connectivity index (χ2v) is 9.63. The molecule has 3 aliphatic carbocycles. The van der Waals surface area contributed by atoms with Crippen molar-refractivity contribution in [2.45, 2.75) is 64.1 Å². The molecule has 27 heavy (non-hydrogen) atoms. The van der Waals surface area contributed by atoms with Gasteiger partial charge in [0.25, 0.3) is 5.91 Å². The van der Waals surface area contributed by atoms with Crippen LogP contribution in [0.15, 0.2) is 24.3 Å². The Kier molecular flexibility index (Phi) is 3.73. The van der Waals surface area contributed by atoms with Gasteiger partial charge in [-0.05, 0) is 62.0 Å². The number of anilines is 1. The van der Waals surface area contributed by atoms with Crippen LogP contribution >= 0.6 is 0 Å². The van der Waals surface area contributed by atoms with Crippen LogP contribution in [0.3, 0.4) is 0 Å². The number of amides is 1. The minimum atomic E-state index is -0.327. The van der Waals surface area contributed by atoms with Crippen LogP contribution in [0, 0.1) is 17.3 Å². The van der Waals surface area contributed by atoms with Crippen LogP contribution in [-0.4, -0.2) is 42.1 Å². The van der Waals surface area contributed by atoms with Crippen LogP contribution in [-0.2, 0) is 9.31 Å². The average Bonchev–Trinajstić information content (AvgIpc) is 3.24. The molecule has 2 N–H and O–H groups in total. The van der Waals surface area contributed by atoms with Gasteiger partial charge in [0, 0.05) is 12.2 Å². The molecule has 1 aromatic carbocycles. The number of benzene rings is 1. The van der Waals surface area contributed by atoms with Crippen molar-refractivity contribution in [3.63, 3.8) is 0 Å². The normalized spacial score (nSPS) is 39.2. The average molecular weight is 368 g/mol. The Morgan fingerprint density at radius 1 is 1.26 bits per heavy atom. The quantitative estimate of drug-likeness (QED) is 0.644. The lowest BCUT2D eigenvalue weighted by Gasteiger charge is -2.64. The van der Waals surface area contributed by atoms with E-state index in [1.54, 1.807) is 6.07 Å². The Bertz CT molecular complexity index is 784. The second kappa shape index (κ2) is 5.74. The molecule has 6 heteroatoms. The van der Waals surface area contributed by atoms with Crippen molar-refractivity contribution in [2.75, 3.05) is 12.3 Å². The number of nitrogens with two attached hydrogens (primary N) is 1. The van der Waals surface area contributed by atoms with E-state index in [9.17, 15) is 4.79 Å². The molecule has 2 heterocycles. The SMILES string of the molecule is CC1(C)[C@@H]2C[C@H]3OB([C@@H]4CCCN4C(=O)c4ccccc4N)O[C@@]3(C)[C@H]1C2. The Morgan fingerprint density at radius 3 is 2.78 bits per heavy atom. The monoisotopic (exact) mass is 368 g/mol. The zero-order valence-corrected chi connectivity index (χ0v) is 16.5. The topological polar surface area (TPSA) is 64.8 Å². The van der Waals surface area contributed by atoms with E-state index in [0.29, 0.717) is 22.6 Å². The minimum Gasteiger partial charge on any atom is -0.404 e. The third-order valence-electron chi connectivity index (χ3n) is 8.03. The van der Waals surface area contributed by atoms with Gasteiger partial charge in [-0.1, -0.05) is 26.0 Å². The summed E-state index contributed by atoms with van der Waals surface area (Å²) in [5.41, 5.74) is 7.25. The van der Waals surface area contributed by atoms with Gasteiger partial charge in [-0.3, -0.25) is 4.79 Å². The molecule has 5 fully saturated rings.